The van der Waals surface area contributed by atoms with Gasteiger partial charge < -0.3 is 9.80 Å². The summed E-state index contributed by atoms with van der Waals surface area (Å²) in [5.74, 6) is 0.256. The number of nitrogens with zero attached hydrogens (tertiary/aromatic N) is 2. The Bertz CT molecular complexity index is 568. The van der Waals surface area contributed by atoms with Crippen LogP contribution in [-0.2, 0) is 16.0 Å². The predicted molar refractivity (Wildman–Crippen MR) is 83.3 cm³/mol. The third-order valence-corrected chi connectivity index (χ3v) is 5.64. The summed E-state index contributed by atoms with van der Waals surface area (Å²) in [6, 6.07) is 3.76. The molecule has 1 aromatic rings. The van der Waals surface area contributed by atoms with Crippen molar-refractivity contribution >= 4 is 23.2 Å². The van der Waals surface area contributed by atoms with Gasteiger partial charge in [-0.3, -0.25) is 9.59 Å². The fraction of sp³-hybridized carbons (Fsp3) is 0.625. The zero-order valence-corrected chi connectivity index (χ0v) is 13.7. The Labute approximate surface area is 129 Å². The highest BCUT2D eigenvalue weighted by Gasteiger charge is 2.47. The molecule has 5 heteroatoms. The first-order valence-electron chi connectivity index (χ1n) is 7.67. The van der Waals surface area contributed by atoms with E-state index in [9.17, 15) is 9.59 Å². The van der Waals surface area contributed by atoms with Gasteiger partial charge in [-0.2, -0.15) is 0 Å². The Kier molecular flexibility index (Phi) is 3.78. The van der Waals surface area contributed by atoms with Crippen molar-refractivity contribution in [2.45, 2.75) is 58.2 Å². The van der Waals surface area contributed by atoms with E-state index in [0.29, 0.717) is 0 Å². The number of amides is 2. The van der Waals surface area contributed by atoms with E-state index in [-0.39, 0.29) is 29.9 Å². The maximum Gasteiger partial charge on any atom is 0.246 e. The molecule has 2 saturated heterocycles. The fourth-order valence-corrected chi connectivity index (χ4v) is 4.60. The minimum absolute atomic E-state index is 0.0669. The molecule has 0 radical (unpaired) electrons. The molecule has 0 spiro atoms. The number of hydrogen-bond acceptors (Lipinski definition) is 3. The van der Waals surface area contributed by atoms with Crippen LogP contribution in [0.25, 0.3) is 0 Å². The molecular formula is C16H22N2O2S. The van der Waals surface area contributed by atoms with E-state index >= 15 is 0 Å². The van der Waals surface area contributed by atoms with Gasteiger partial charge in [0.2, 0.25) is 11.8 Å². The molecule has 0 N–H and O–H groups in total. The highest BCUT2D eigenvalue weighted by molar-refractivity contribution is 7.11. The van der Waals surface area contributed by atoms with Crippen molar-refractivity contribution in [1.29, 1.82) is 0 Å². The van der Waals surface area contributed by atoms with Crippen molar-refractivity contribution in [3.63, 3.8) is 0 Å². The Morgan fingerprint density at radius 2 is 2.10 bits per heavy atom. The highest BCUT2D eigenvalue weighted by Crippen LogP contribution is 2.29. The van der Waals surface area contributed by atoms with Crippen LogP contribution in [0.15, 0.2) is 12.1 Å². The minimum atomic E-state index is -0.331. The molecule has 2 fully saturated rings. The fourth-order valence-electron chi connectivity index (χ4n) is 3.59. The molecule has 2 aliphatic rings. The van der Waals surface area contributed by atoms with Crippen molar-refractivity contribution in [1.82, 2.24) is 9.80 Å². The predicted octanol–water partition coefficient (Wildman–Crippen LogP) is 2.21. The third kappa shape index (κ3) is 2.48. The lowest BCUT2D eigenvalue weighted by Crippen LogP contribution is -2.64. The zero-order chi connectivity index (χ0) is 15.1. The van der Waals surface area contributed by atoms with Crippen LogP contribution in [0.5, 0.6) is 0 Å². The summed E-state index contributed by atoms with van der Waals surface area (Å²) in [4.78, 5) is 31.4. The Hall–Kier alpha value is -1.36. The number of fused-ring (bicyclic) bond motifs is 1. The normalized spacial score (nSPS) is 27.2. The summed E-state index contributed by atoms with van der Waals surface area (Å²) < 4.78 is 0. The van der Waals surface area contributed by atoms with E-state index in [1.54, 1.807) is 16.2 Å². The summed E-state index contributed by atoms with van der Waals surface area (Å²) in [6.07, 6.45) is 2.59. The minimum Gasteiger partial charge on any atom is -0.329 e. The molecule has 3 rings (SSSR count). The standard InChI is InChI=1S/C16H22N2O2S/c1-10(9-13-7-6-11(2)21-13)18-12(3)15(19)17-8-4-5-14(17)16(18)20/h6-7,10,12,14H,4-5,8-9H2,1-3H3. The van der Waals surface area contributed by atoms with Gasteiger partial charge in [-0.15, -0.1) is 11.3 Å². The monoisotopic (exact) mass is 306 g/mol. The second-order valence-electron chi connectivity index (χ2n) is 6.18. The van der Waals surface area contributed by atoms with Gasteiger partial charge in [-0.1, -0.05) is 0 Å². The van der Waals surface area contributed by atoms with Crippen LogP contribution in [0.4, 0.5) is 0 Å². The maximum atomic E-state index is 12.7. The molecule has 0 bridgehead atoms. The third-order valence-electron chi connectivity index (χ3n) is 4.62. The summed E-state index contributed by atoms with van der Waals surface area (Å²) in [5.41, 5.74) is 0. The maximum absolute atomic E-state index is 12.7. The number of carbonyl (C=O) groups excluding carboxylic acids is 2. The average Bonchev–Trinajstić information content (AvgIpc) is 3.05. The highest BCUT2D eigenvalue weighted by atomic mass is 32.1. The largest absolute Gasteiger partial charge is 0.329 e. The lowest BCUT2D eigenvalue weighted by atomic mass is 10.0. The van der Waals surface area contributed by atoms with Crippen LogP contribution >= 0.6 is 11.3 Å². The van der Waals surface area contributed by atoms with Crippen LogP contribution < -0.4 is 0 Å². The van der Waals surface area contributed by atoms with Crippen LogP contribution in [0.1, 0.15) is 36.4 Å². The summed E-state index contributed by atoms with van der Waals surface area (Å²) in [6.45, 7) is 6.76. The van der Waals surface area contributed by atoms with Crippen LogP contribution in [-0.4, -0.2) is 46.3 Å². The number of piperazine rings is 1. The SMILES string of the molecule is Cc1ccc(CC(C)N2C(=O)C3CCCN3C(=O)C2C)s1. The number of carbonyl (C=O) groups is 2. The quantitative estimate of drug-likeness (QED) is 0.859. The average molecular weight is 306 g/mol. The summed E-state index contributed by atoms with van der Waals surface area (Å²) in [7, 11) is 0. The molecule has 114 valence electrons. The van der Waals surface area contributed by atoms with Crippen molar-refractivity contribution in [3.8, 4) is 0 Å². The molecule has 1 aromatic heterocycles. The smallest absolute Gasteiger partial charge is 0.246 e. The lowest BCUT2D eigenvalue weighted by Gasteiger charge is -2.43. The van der Waals surface area contributed by atoms with E-state index in [1.165, 1.54) is 9.75 Å². The molecule has 0 aliphatic carbocycles. The van der Waals surface area contributed by atoms with Gasteiger partial charge in [-0.25, -0.2) is 0 Å². The first kappa shape index (κ1) is 14.6. The molecule has 3 heterocycles. The number of thiophene rings is 1. The van der Waals surface area contributed by atoms with Gasteiger partial charge in [0, 0.05) is 28.8 Å². The Morgan fingerprint density at radius 1 is 1.33 bits per heavy atom. The molecule has 21 heavy (non-hydrogen) atoms. The summed E-state index contributed by atoms with van der Waals surface area (Å²) in [5, 5.41) is 0. The molecule has 0 saturated carbocycles. The molecule has 2 aliphatic heterocycles. The van der Waals surface area contributed by atoms with Gasteiger partial charge >= 0.3 is 0 Å². The second kappa shape index (κ2) is 5.44. The van der Waals surface area contributed by atoms with Gasteiger partial charge in [-0.05, 0) is 45.7 Å². The van der Waals surface area contributed by atoms with Crippen molar-refractivity contribution < 1.29 is 9.59 Å². The van der Waals surface area contributed by atoms with Crippen molar-refractivity contribution in [3.05, 3.63) is 21.9 Å². The lowest BCUT2D eigenvalue weighted by molar-refractivity contribution is -0.160. The van der Waals surface area contributed by atoms with Gasteiger partial charge in [0.05, 0.1) is 0 Å². The molecule has 3 atom stereocenters. The topological polar surface area (TPSA) is 40.6 Å². The second-order valence-corrected chi connectivity index (χ2v) is 7.55. The molecule has 0 aromatic carbocycles. The summed E-state index contributed by atoms with van der Waals surface area (Å²) >= 11 is 1.77. The van der Waals surface area contributed by atoms with Gasteiger partial charge in [0.15, 0.2) is 0 Å². The molecular weight excluding hydrogens is 284 g/mol. The van der Waals surface area contributed by atoms with Crippen molar-refractivity contribution in [2.75, 3.05) is 6.54 Å². The van der Waals surface area contributed by atoms with E-state index in [1.807, 2.05) is 11.8 Å². The van der Waals surface area contributed by atoms with E-state index in [4.69, 9.17) is 0 Å². The Morgan fingerprint density at radius 3 is 2.76 bits per heavy atom. The molecule has 2 amide bonds. The number of rotatable bonds is 3. The zero-order valence-electron chi connectivity index (χ0n) is 12.8. The first-order valence-corrected chi connectivity index (χ1v) is 8.48. The molecule has 4 nitrogen and oxygen atoms in total. The van der Waals surface area contributed by atoms with Crippen molar-refractivity contribution in [2.24, 2.45) is 0 Å². The number of hydrogen-bond donors (Lipinski definition) is 0. The van der Waals surface area contributed by atoms with E-state index < -0.39 is 0 Å². The van der Waals surface area contributed by atoms with Gasteiger partial charge in [0.25, 0.3) is 0 Å². The van der Waals surface area contributed by atoms with E-state index in [2.05, 4.69) is 26.0 Å². The van der Waals surface area contributed by atoms with E-state index in [0.717, 1.165) is 25.8 Å². The van der Waals surface area contributed by atoms with Crippen LogP contribution in [0.2, 0.25) is 0 Å². The van der Waals surface area contributed by atoms with Crippen LogP contribution in [0.3, 0.4) is 0 Å². The first-order chi connectivity index (χ1) is 9.99. The van der Waals surface area contributed by atoms with Crippen LogP contribution in [0, 0.1) is 6.92 Å². The Balaban J connectivity index is 1.79. The molecule has 3 unspecified atom stereocenters. The van der Waals surface area contributed by atoms with Gasteiger partial charge in [0.1, 0.15) is 12.1 Å². The number of aryl methyl sites for hydroxylation is 1.